The fraction of sp³-hybridized carbons (Fsp3) is 0.118. The number of hydrogen-bond acceptors (Lipinski definition) is 6. The highest BCUT2D eigenvalue weighted by Gasteiger charge is 2.11. The molecule has 0 atom stereocenters. The van der Waals surface area contributed by atoms with Gasteiger partial charge in [-0.1, -0.05) is 12.1 Å². The largest absolute Gasteiger partial charge is 0.492 e. The molecule has 0 unspecified atom stereocenters. The average Bonchev–Trinajstić information content (AvgIpc) is 3.23. The Bertz CT molecular complexity index is 978. The number of aromatic nitrogens is 4. The van der Waals surface area contributed by atoms with E-state index < -0.39 is 0 Å². The lowest BCUT2D eigenvalue weighted by molar-refractivity contribution is 0.342. The van der Waals surface area contributed by atoms with Gasteiger partial charge < -0.3 is 10.1 Å². The lowest BCUT2D eigenvalue weighted by Crippen LogP contribution is -1.97. The van der Waals surface area contributed by atoms with E-state index in [0.29, 0.717) is 12.4 Å². The van der Waals surface area contributed by atoms with Crippen LogP contribution in [-0.4, -0.2) is 26.0 Å². The van der Waals surface area contributed by atoms with Gasteiger partial charge in [0.1, 0.15) is 11.4 Å². The van der Waals surface area contributed by atoms with Crippen LogP contribution in [0.4, 0.5) is 10.8 Å². The molecule has 0 aliphatic carbocycles. The SMILES string of the molecule is CCOc1ccccc1Nc1nc(-c2cnc3ncccn23)cs1. The van der Waals surface area contributed by atoms with Crippen molar-refractivity contribution in [3.05, 3.63) is 54.3 Å². The number of anilines is 2. The van der Waals surface area contributed by atoms with Crippen LogP contribution in [0, 0.1) is 0 Å². The van der Waals surface area contributed by atoms with Gasteiger partial charge in [-0.3, -0.25) is 4.40 Å². The number of imidazole rings is 1. The Balaban J connectivity index is 1.64. The van der Waals surface area contributed by atoms with E-state index in [9.17, 15) is 0 Å². The minimum atomic E-state index is 0.622. The molecule has 0 saturated heterocycles. The summed E-state index contributed by atoms with van der Waals surface area (Å²) in [6.45, 7) is 2.59. The van der Waals surface area contributed by atoms with Gasteiger partial charge in [0.15, 0.2) is 5.13 Å². The summed E-state index contributed by atoms with van der Waals surface area (Å²) in [4.78, 5) is 13.2. The Hall–Kier alpha value is -2.93. The molecular weight excluding hydrogens is 322 g/mol. The third-order valence-electron chi connectivity index (χ3n) is 3.48. The Morgan fingerprint density at radius 3 is 3.04 bits per heavy atom. The number of para-hydroxylation sites is 2. The molecular formula is C17H15N5OS. The molecule has 0 amide bonds. The van der Waals surface area contributed by atoms with Gasteiger partial charge in [-0.05, 0) is 25.1 Å². The van der Waals surface area contributed by atoms with Gasteiger partial charge in [0.25, 0.3) is 0 Å². The molecule has 3 heterocycles. The molecule has 0 saturated carbocycles. The van der Waals surface area contributed by atoms with E-state index in [-0.39, 0.29) is 0 Å². The molecule has 0 fully saturated rings. The van der Waals surface area contributed by atoms with E-state index in [2.05, 4.69) is 20.3 Å². The van der Waals surface area contributed by atoms with Crippen LogP contribution in [-0.2, 0) is 0 Å². The van der Waals surface area contributed by atoms with Crippen molar-refractivity contribution in [2.24, 2.45) is 0 Å². The standard InChI is InChI=1S/C17H15N5OS/c1-2-23-15-7-4-3-6-12(15)20-17-21-13(11-24-17)14-10-19-16-18-8-5-9-22(14)16/h3-11H,2H2,1H3,(H,20,21). The summed E-state index contributed by atoms with van der Waals surface area (Å²) in [6.07, 6.45) is 5.45. The number of fused-ring (bicyclic) bond motifs is 1. The zero-order valence-corrected chi connectivity index (χ0v) is 13.8. The van der Waals surface area contributed by atoms with Crippen molar-refractivity contribution in [2.75, 3.05) is 11.9 Å². The zero-order valence-electron chi connectivity index (χ0n) is 13.0. The number of ether oxygens (including phenoxy) is 1. The molecule has 0 aliphatic rings. The molecule has 120 valence electrons. The van der Waals surface area contributed by atoms with E-state index in [4.69, 9.17) is 4.74 Å². The second-order valence-electron chi connectivity index (χ2n) is 5.03. The van der Waals surface area contributed by atoms with Crippen LogP contribution in [0.25, 0.3) is 17.2 Å². The lowest BCUT2D eigenvalue weighted by Gasteiger charge is -2.09. The molecule has 0 aliphatic heterocycles. The van der Waals surface area contributed by atoms with Crippen molar-refractivity contribution in [1.29, 1.82) is 0 Å². The number of nitrogens with zero attached hydrogens (tertiary/aromatic N) is 4. The zero-order chi connectivity index (χ0) is 16.4. The Labute approximate surface area is 142 Å². The maximum absolute atomic E-state index is 5.64. The lowest BCUT2D eigenvalue weighted by atomic mass is 10.3. The van der Waals surface area contributed by atoms with Gasteiger partial charge >= 0.3 is 0 Å². The molecule has 4 rings (SSSR count). The van der Waals surface area contributed by atoms with E-state index in [1.165, 1.54) is 11.3 Å². The molecule has 1 N–H and O–H groups in total. The van der Waals surface area contributed by atoms with Crippen LogP contribution in [0.5, 0.6) is 5.75 Å². The van der Waals surface area contributed by atoms with E-state index in [1.807, 2.05) is 53.2 Å². The van der Waals surface area contributed by atoms with Crippen molar-refractivity contribution >= 4 is 27.9 Å². The summed E-state index contributed by atoms with van der Waals surface area (Å²) in [5.41, 5.74) is 2.68. The summed E-state index contributed by atoms with van der Waals surface area (Å²) in [6, 6.07) is 9.72. The minimum Gasteiger partial charge on any atom is -0.492 e. The fourth-order valence-electron chi connectivity index (χ4n) is 2.43. The Morgan fingerprint density at radius 2 is 2.12 bits per heavy atom. The van der Waals surface area contributed by atoms with E-state index in [0.717, 1.165) is 28.0 Å². The van der Waals surface area contributed by atoms with Crippen molar-refractivity contribution in [3.63, 3.8) is 0 Å². The van der Waals surface area contributed by atoms with E-state index >= 15 is 0 Å². The molecule has 24 heavy (non-hydrogen) atoms. The number of rotatable bonds is 5. The van der Waals surface area contributed by atoms with Crippen molar-refractivity contribution < 1.29 is 4.74 Å². The number of nitrogens with one attached hydrogen (secondary N) is 1. The van der Waals surface area contributed by atoms with Gasteiger partial charge in [-0.2, -0.15) is 0 Å². The second-order valence-corrected chi connectivity index (χ2v) is 5.88. The first-order valence-corrected chi connectivity index (χ1v) is 8.46. The fourth-order valence-corrected chi connectivity index (χ4v) is 3.15. The highest BCUT2D eigenvalue weighted by molar-refractivity contribution is 7.14. The molecule has 0 radical (unpaired) electrons. The molecule has 0 bridgehead atoms. The Morgan fingerprint density at radius 1 is 1.21 bits per heavy atom. The highest BCUT2D eigenvalue weighted by Crippen LogP contribution is 2.31. The maximum Gasteiger partial charge on any atom is 0.234 e. The smallest absolute Gasteiger partial charge is 0.234 e. The monoisotopic (exact) mass is 337 g/mol. The first-order valence-electron chi connectivity index (χ1n) is 7.58. The summed E-state index contributed by atoms with van der Waals surface area (Å²) in [5, 5.41) is 6.13. The molecule has 1 aromatic carbocycles. The predicted octanol–water partition coefficient (Wildman–Crippen LogP) is 4.00. The summed E-state index contributed by atoms with van der Waals surface area (Å²) in [5.74, 6) is 1.48. The number of hydrogen-bond donors (Lipinski definition) is 1. The van der Waals surface area contributed by atoms with Crippen molar-refractivity contribution in [3.8, 4) is 17.1 Å². The molecule has 7 heteroatoms. The normalized spacial score (nSPS) is 10.9. The van der Waals surface area contributed by atoms with Crippen molar-refractivity contribution in [1.82, 2.24) is 19.4 Å². The first-order chi connectivity index (χ1) is 11.8. The highest BCUT2D eigenvalue weighted by atomic mass is 32.1. The van der Waals surface area contributed by atoms with Gasteiger partial charge in [-0.25, -0.2) is 15.0 Å². The molecule has 0 spiro atoms. The van der Waals surface area contributed by atoms with Gasteiger partial charge in [0.2, 0.25) is 5.78 Å². The molecule has 4 aromatic rings. The number of thiazole rings is 1. The van der Waals surface area contributed by atoms with Crippen LogP contribution >= 0.6 is 11.3 Å². The summed E-state index contributed by atoms with van der Waals surface area (Å²) >= 11 is 1.54. The predicted molar refractivity (Wildman–Crippen MR) is 95.0 cm³/mol. The van der Waals surface area contributed by atoms with Crippen LogP contribution in [0.15, 0.2) is 54.3 Å². The average molecular weight is 337 g/mol. The van der Waals surface area contributed by atoms with E-state index in [1.54, 1.807) is 12.4 Å². The van der Waals surface area contributed by atoms with Crippen molar-refractivity contribution in [2.45, 2.75) is 6.92 Å². The molecule has 3 aromatic heterocycles. The number of benzene rings is 1. The first kappa shape index (κ1) is 14.6. The van der Waals surface area contributed by atoms with Gasteiger partial charge in [0, 0.05) is 17.8 Å². The van der Waals surface area contributed by atoms with Crippen LogP contribution in [0.2, 0.25) is 0 Å². The maximum atomic E-state index is 5.64. The summed E-state index contributed by atoms with van der Waals surface area (Å²) < 4.78 is 7.56. The van der Waals surface area contributed by atoms with Crippen LogP contribution in [0.3, 0.4) is 0 Å². The molecule has 6 nitrogen and oxygen atoms in total. The second kappa shape index (κ2) is 6.29. The Kier molecular flexibility index (Phi) is 3.84. The third-order valence-corrected chi connectivity index (χ3v) is 4.24. The van der Waals surface area contributed by atoms with Crippen LogP contribution in [0.1, 0.15) is 6.92 Å². The van der Waals surface area contributed by atoms with Gasteiger partial charge in [-0.15, -0.1) is 11.3 Å². The quantitative estimate of drug-likeness (QED) is 0.596. The third kappa shape index (κ3) is 2.69. The minimum absolute atomic E-state index is 0.622. The van der Waals surface area contributed by atoms with Gasteiger partial charge in [0.05, 0.1) is 24.2 Å². The topological polar surface area (TPSA) is 64.3 Å². The van der Waals surface area contributed by atoms with Crippen LogP contribution < -0.4 is 10.1 Å². The summed E-state index contributed by atoms with van der Waals surface area (Å²) in [7, 11) is 0.